The minimum Gasteiger partial charge on any atom is -0.489 e. The zero-order valence-electron chi connectivity index (χ0n) is 12.4. The van der Waals surface area contributed by atoms with E-state index < -0.39 is 0 Å². The Morgan fingerprint density at radius 3 is 2.67 bits per heavy atom. The van der Waals surface area contributed by atoms with E-state index in [-0.39, 0.29) is 0 Å². The SMILES string of the molecule is c1ccc(COc2cccc(CC3CCCNC3)c2)cc1. The van der Waals surface area contributed by atoms with E-state index in [9.17, 15) is 0 Å². The summed E-state index contributed by atoms with van der Waals surface area (Å²) in [5.74, 6) is 1.74. The molecule has 0 aromatic heterocycles. The molecule has 0 spiro atoms. The molecule has 2 aromatic carbocycles. The molecule has 0 aliphatic carbocycles. The molecule has 0 bridgehead atoms. The molecule has 2 heteroatoms. The number of ether oxygens (including phenoxy) is 1. The Labute approximate surface area is 127 Å². The highest BCUT2D eigenvalue weighted by molar-refractivity contribution is 5.29. The number of rotatable bonds is 5. The number of hydrogen-bond donors (Lipinski definition) is 1. The van der Waals surface area contributed by atoms with E-state index >= 15 is 0 Å². The lowest BCUT2D eigenvalue weighted by Crippen LogP contribution is -2.30. The van der Waals surface area contributed by atoms with Crippen molar-refractivity contribution in [3.63, 3.8) is 0 Å². The van der Waals surface area contributed by atoms with Gasteiger partial charge in [0, 0.05) is 0 Å². The van der Waals surface area contributed by atoms with Crippen LogP contribution in [0.4, 0.5) is 0 Å². The summed E-state index contributed by atoms with van der Waals surface area (Å²) in [7, 11) is 0. The van der Waals surface area contributed by atoms with Crippen LogP contribution in [-0.2, 0) is 13.0 Å². The highest BCUT2D eigenvalue weighted by Crippen LogP contribution is 2.20. The van der Waals surface area contributed by atoms with Crippen LogP contribution in [0.3, 0.4) is 0 Å². The zero-order valence-corrected chi connectivity index (χ0v) is 12.4. The normalized spacial score (nSPS) is 18.4. The molecule has 1 heterocycles. The van der Waals surface area contributed by atoms with Crippen LogP contribution in [0.25, 0.3) is 0 Å². The van der Waals surface area contributed by atoms with E-state index in [0.717, 1.165) is 24.6 Å². The van der Waals surface area contributed by atoms with E-state index in [1.165, 1.54) is 30.5 Å². The molecule has 1 atom stereocenters. The van der Waals surface area contributed by atoms with Gasteiger partial charge in [-0.2, -0.15) is 0 Å². The highest BCUT2D eigenvalue weighted by Gasteiger charge is 2.13. The standard InChI is InChI=1S/C19H23NO/c1-2-6-16(7-3-1)15-21-19-10-4-8-17(13-19)12-18-9-5-11-20-14-18/h1-4,6-8,10,13,18,20H,5,9,11-12,14-15H2. The lowest BCUT2D eigenvalue weighted by atomic mass is 9.92. The fourth-order valence-corrected chi connectivity index (χ4v) is 2.93. The van der Waals surface area contributed by atoms with Gasteiger partial charge in [0.1, 0.15) is 12.4 Å². The predicted molar refractivity (Wildman–Crippen MR) is 86.5 cm³/mol. The minimum atomic E-state index is 0.634. The molecule has 2 aromatic rings. The Morgan fingerprint density at radius 1 is 1.00 bits per heavy atom. The smallest absolute Gasteiger partial charge is 0.120 e. The Morgan fingerprint density at radius 2 is 1.86 bits per heavy atom. The van der Waals surface area contributed by atoms with Crippen LogP contribution in [0.1, 0.15) is 24.0 Å². The molecule has 21 heavy (non-hydrogen) atoms. The first kappa shape index (κ1) is 14.2. The number of nitrogens with one attached hydrogen (secondary N) is 1. The number of hydrogen-bond acceptors (Lipinski definition) is 2. The van der Waals surface area contributed by atoms with Crippen LogP contribution in [0.5, 0.6) is 5.75 Å². The van der Waals surface area contributed by atoms with E-state index in [1.54, 1.807) is 0 Å². The van der Waals surface area contributed by atoms with Crippen LogP contribution in [-0.4, -0.2) is 13.1 Å². The average Bonchev–Trinajstić information content (AvgIpc) is 2.55. The van der Waals surface area contributed by atoms with Crippen molar-refractivity contribution in [2.45, 2.75) is 25.9 Å². The number of benzene rings is 2. The van der Waals surface area contributed by atoms with Crippen LogP contribution < -0.4 is 10.1 Å². The van der Waals surface area contributed by atoms with Gasteiger partial charge in [-0.25, -0.2) is 0 Å². The third-order valence-electron chi connectivity index (χ3n) is 4.07. The molecule has 0 radical (unpaired) electrons. The molecular formula is C19H23NO. The van der Waals surface area contributed by atoms with E-state index in [2.05, 4.69) is 35.6 Å². The van der Waals surface area contributed by atoms with E-state index in [1.807, 2.05) is 24.3 Å². The van der Waals surface area contributed by atoms with Crippen molar-refractivity contribution in [3.05, 3.63) is 65.7 Å². The predicted octanol–water partition coefficient (Wildman–Crippen LogP) is 3.81. The highest BCUT2D eigenvalue weighted by atomic mass is 16.5. The summed E-state index contributed by atoms with van der Waals surface area (Å²) in [4.78, 5) is 0. The first-order valence-corrected chi connectivity index (χ1v) is 7.86. The van der Waals surface area contributed by atoms with Gasteiger partial charge >= 0.3 is 0 Å². The lowest BCUT2D eigenvalue weighted by molar-refractivity contribution is 0.305. The minimum absolute atomic E-state index is 0.634. The number of piperidine rings is 1. The van der Waals surface area contributed by atoms with E-state index in [4.69, 9.17) is 4.74 Å². The molecule has 1 aliphatic rings. The third kappa shape index (κ3) is 4.33. The van der Waals surface area contributed by atoms with Gasteiger partial charge in [-0.3, -0.25) is 0 Å². The second-order valence-corrected chi connectivity index (χ2v) is 5.84. The van der Waals surface area contributed by atoms with E-state index in [0.29, 0.717) is 6.61 Å². The van der Waals surface area contributed by atoms with Crippen LogP contribution in [0.15, 0.2) is 54.6 Å². The summed E-state index contributed by atoms with van der Waals surface area (Å²) in [6, 6.07) is 18.9. The second-order valence-electron chi connectivity index (χ2n) is 5.84. The van der Waals surface area contributed by atoms with Crippen LogP contribution in [0.2, 0.25) is 0 Å². The summed E-state index contributed by atoms with van der Waals surface area (Å²) < 4.78 is 5.91. The molecule has 0 saturated carbocycles. The summed E-state index contributed by atoms with van der Waals surface area (Å²) in [6.45, 7) is 2.96. The quantitative estimate of drug-likeness (QED) is 0.900. The topological polar surface area (TPSA) is 21.3 Å². The van der Waals surface area contributed by atoms with Crippen molar-refractivity contribution in [1.82, 2.24) is 5.32 Å². The van der Waals surface area contributed by atoms with Crippen molar-refractivity contribution in [1.29, 1.82) is 0 Å². The monoisotopic (exact) mass is 281 g/mol. The zero-order chi connectivity index (χ0) is 14.3. The maximum absolute atomic E-state index is 5.91. The summed E-state index contributed by atoms with van der Waals surface area (Å²) in [5, 5.41) is 3.49. The van der Waals surface area contributed by atoms with Crippen molar-refractivity contribution >= 4 is 0 Å². The summed E-state index contributed by atoms with van der Waals surface area (Å²) in [6.07, 6.45) is 3.78. The molecule has 1 aliphatic heterocycles. The molecule has 3 rings (SSSR count). The van der Waals surface area contributed by atoms with Gasteiger partial charge in [0.05, 0.1) is 0 Å². The average molecular weight is 281 g/mol. The molecule has 1 unspecified atom stereocenters. The molecule has 1 saturated heterocycles. The molecule has 0 amide bonds. The maximum Gasteiger partial charge on any atom is 0.120 e. The van der Waals surface area contributed by atoms with Crippen molar-refractivity contribution < 1.29 is 4.74 Å². The van der Waals surface area contributed by atoms with Gasteiger partial charge in [0.15, 0.2) is 0 Å². The van der Waals surface area contributed by atoms with Crippen molar-refractivity contribution in [3.8, 4) is 5.75 Å². The Balaban J connectivity index is 1.57. The summed E-state index contributed by atoms with van der Waals surface area (Å²) in [5.41, 5.74) is 2.59. The fraction of sp³-hybridized carbons (Fsp3) is 0.368. The Kier molecular flexibility index (Phi) is 4.90. The molecular weight excluding hydrogens is 258 g/mol. The summed E-state index contributed by atoms with van der Waals surface area (Å²) >= 11 is 0. The third-order valence-corrected chi connectivity index (χ3v) is 4.07. The maximum atomic E-state index is 5.91. The van der Waals surface area contributed by atoms with Gasteiger partial charge in [-0.05, 0) is 61.5 Å². The molecule has 2 nitrogen and oxygen atoms in total. The first-order valence-electron chi connectivity index (χ1n) is 7.86. The first-order chi connectivity index (χ1) is 10.4. The second kappa shape index (κ2) is 7.28. The molecule has 1 N–H and O–H groups in total. The van der Waals surface area contributed by atoms with Crippen LogP contribution >= 0.6 is 0 Å². The largest absolute Gasteiger partial charge is 0.489 e. The van der Waals surface area contributed by atoms with Crippen LogP contribution in [0, 0.1) is 5.92 Å². The lowest BCUT2D eigenvalue weighted by Gasteiger charge is -2.22. The Hall–Kier alpha value is -1.80. The van der Waals surface area contributed by atoms with Crippen molar-refractivity contribution in [2.75, 3.05) is 13.1 Å². The van der Waals surface area contributed by atoms with Crippen molar-refractivity contribution in [2.24, 2.45) is 5.92 Å². The van der Waals surface area contributed by atoms with Gasteiger partial charge < -0.3 is 10.1 Å². The molecule has 1 fully saturated rings. The van der Waals surface area contributed by atoms with Gasteiger partial charge in [-0.1, -0.05) is 42.5 Å². The fourth-order valence-electron chi connectivity index (χ4n) is 2.93. The van der Waals surface area contributed by atoms with Gasteiger partial charge in [0.25, 0.3) is 0 Å². The van der Waals surface area contributed by atoms with Gasteiger partial charge in [-0.15, -0.1) is 0 Å². The van der Waals surface area contributed by atoms with Gasteiger partial charge in [0.2, 0.25) is 0 Å². The molecule has 110 valence electrons. The Bertz CT molecular complexity index is 547.